The molecule has 1 heterocycles. The fraction of sp³-hybridized carbons (Fsp3) is 0.167. The van der Waals surface area contributed by atoms with Gasteiger partial charge in [-0.2, -0.15) is 0 Å². The quantitative estimate of drug-likeness (QED) is 0.555. The molecular weight excluding hydrogens is 386 g/mol. The predicted octanol–water partition coefficient (Wildman–Crippen LogP) is 4.25. The molecule has 0 radical (unpaired) electrons. The van der Waals surface area contributed by atoms with Crippen LogP contribution in [0.5, 0.6) is 0 Å². The molecule has 1 aliphatic carbocycles. The zero-order valence-corrected chi connectivity index (χ0v) is 16.0. The molecule has 150 valence electrons. The SMILES string of the molecule is O=C(Nc1ccc2c(c1)Cc1ccccc1-2)C1CN(C(=O)c2ccc(F)c(F)c2)C1. The van der Waals surface area contributed by atoms with Gasteiger partial charge in [0.25, 0.3) is 5.91 Å². The summed E-state index contributed by atoms with van der Waals surface area (Å²) in [7, 11) is 0. The average Bonchev–Trinajstić information content (AvgIpc) is 3.06. The number of amides is 2. The van der Waals surface area contributed by atoms with Crippen molar-refractivity contribution < 1.29 is 18.4 Å². The maximum absolute atomic E-state index is 13.3. The molecular formula is C24H18F2N2O2. The zero-order chi connectivity index (χ0) is 20.8. The Kier molecular flexibility index (Phi) is 4.35. The number of nitrogens with zero attached hydrogens (tertiary/aromatic N) is 1. The van der Waals surface area contributed by atoms with Crippen molar-refractivity contribution in [2.75, 3.05) is 18.4 Å². The summed E-state index contributed by atoms with van der Waals surface area (Å²) < 4.78 is 26.4. The van der Waals surface area contributed by atoms with Crippen LogP contribution in [0.4, 0.5) is 14.5 Å². The van der Waals surface area contributed by atoms with Crippen LogP contribution in [0.3, 0.4) is 0 Å². The lowest BCUT2D eigenvalue weighted by molar-refractivity contribution is -0.123. The summed E-state index contributed by atoms with van der Waals surface area (Å²) in [6.45, 7) is 0.500. The van der Waals surface area contributed by atoms with Crippen molar-refractivity contribution in [2.24, 2.45) is 5.92 Å². The van der Waals surface area contributed by atoms with Crippen LogP contribution in [-0.4, -0.2) is 29.8 Å². The van der Waals surface area contributed by atoms with Gasteiger partial charge < -0.3 is 10.2 Å². The third kappa shape index (κ3) is 3.14. The van der Waals surface area contributed by atoms with Gasteiger partial charge in [-0.25, -0.2) is 8.78 Å². The second-order valence-electron chi connectivity index (χ2n) is 7.73. The Labute approximate surface area is 172 Å². The molecule has 1 fully saturated rings. The van der Waals surface area contributed by atoms with Crippen molar-refractivity contribution >= 4 is 17.5 Å². The highest BCUT2D eigenvalue weighted by Gasteiger charge is 2.36. The number of carbonyl (C=O) groups is 2. The van der Waals surface area contributed by atoms with Crippen LogP contribution in [0.2, 0.25) is 0 Å². The maximum Gasteiger partial charge on any atom is 0.254 e. The van der Waals surface area contributed by atoms with Crippen LogP contribution in [0.25, 0.3) is 11.1 Å². The highest BCUT2D eigenvalue weighted by Crippen LogP contribution is 2.37. The zero-order valence-electron chi connectivity index (χ0n) is 16.0. The van der Waals surface area contributed by atoms with E-state index < -0.39 is 17.5 Å². The van der Waals surface area contributed by atoms with E-state index in [2.05, 4.69) is 17.4 Å². The molecule has 6 heteroatoms. The number of hydrogen-bond donors (Lipinski definition) is 1. The smallest absolute Gasteiger partial charge is 0.254 e. The largest absolute Gasteiger partial charge is 0.337 e. The molecule has 1 N–H and O–H groups in total. The number of nitrogens with one attached hydrogen (secondary N) is 1. The first kappa shape index (κ1) is 18.5. The molecule has 0 saturated carbocycles. The van der Waals surface area contributed by atoms with Gasteiger partial charge in [0.15, 0.2) is 11.6 Å². The van der Waals surface area contributed by atoms with Gasteiger partial charge in [0.05, 0.1) is 5.92 Å². The molecule has 5 rings (SSSR count). The van der Waals surface area contributed by atoms with Gasteiger partial charge in [-0.3, -0.25) is 9.59 Å². The lowest BCUT2D eigenvalue weighted by Crippen LogP contribution is -2.54. The van der Waals surface area contributed by atoms with Crippen molar-refractivity contribution in [3.63, 3.8) is 0 Å². The lowest BCUT2D eigenvalue weighted by atomic mass is 9.97. The standard InChI is InChI=1S/C24H18F2N2O2/c25-21-8-5-15(11-22(21)26)24(30)28-12-17(13-28)23(29)27-18-6-7-20-16(10-18)9-14-3-1-2-4-19(14)20/h1-8,10-11,17H,9,12-13H2,(H,27,29). The third-order valence-corrected chi connectivity index (χ3v) is 5.77. The molecule has 0 spiro atoms. The molecule has 0 bridgehead atoms. The number of carbonyl (C=O) groups excluding carboxylic acids is 2. The summed E-state index contributed by atoms with van der Waals surface area (Å²) in [5.74, 6) is -2.95. The summed E-state index contributed by atoms with van der Waals surface area (Å²) in [4.78, 5) is 26.4. The van der Waals surface area contributed by atoms with Crippen molar-refractivity contribution in [2.45, 2.75) is 6.42 Å². The molecule has 2 aliphatic rings. The Hall–Kier alpha value is -3.54. The van der Waals surface area contributed by atoms with E-state index in [1.807, 2.05) is 30.3 Å². The minimum atomic E-state index is -1.06. The van der Waals surface area contributed by atoms with Crippen LogP contribution in [-0.2, 0) is 11.2 Å². The molecule has 0 atom stereocenters. The normalized spacial score (nSPS) is 14.7. The summed E-state index contributed by atoms with van der Waals surface area (Å²) in [6, 6.07) is 17.2. The number of fused-ring (bicyclic) bond motifs is 3. The summed E-state index contributed by atoms with van der Waals surface area (Å²) in [5, 5.41) is 2.93. The number of benzene rings is 3. The molecule has 2 amide bonds. The summed E-state index contributed by atoms with van der Waals surface area (Å²) in [5.41, 5.74) is 5.69. The van der Waals surface area contributed by atoms with Gasteiger partial charge in [0, 0.05) is 24.3 Å². The Balaban J connectivity index is 1.21. The third-order valence-electron chi connectivity index (χ3n) is 5.77. The lowest BCUT2D eigenvalue weighted by Gasteiger charge is -2.38. The van der Waals surface area contributed by atoms with Crippen molar-refractivity contribution in [1.29, 1.82) is 0 Å². The first-order valence-corrected chi connectivity index (χ1v) is 9.76. The number of halogens is 2. The van der Waals surface area contributed by atoms with Crippen molar-refractivity contribution in [3.05, 3.63) is 89.0 Å². The van der Waals surface area contributed by atoms with Gasteiger partial charge in [-0.1, -0.05) is 30.3 Å². The van der Waals surface area contributed by atoms with Crippen molar-refractivity contribution in [3.8, 4) is 11.1 Å². The highest BCUT2D eigenvalue weighted by molar-refractivity contribution is 5.98. The van der Waals surface area contributed by atoms with Gasteiger partial charge in [-0.15, -0.1) is 0 Å². The second kappa shape index (κ2) is 7.06. The summed E-state index contributed by atoms with van der Waals surface area (Å²) >= 11 is 0. The molecule has 4 nitrogen and oxygen atoms in total. The Morgan fingerprint density at radius 3 is 2.43 bits per heavy atom. The first-order chi connectivity index (χ1) is 14.5. The molecule has 0 aromatic heterocycles. The Bertz CT molecular complexity index is 1190. The van der Waals surface area contributed by atoms with Crippen LogP contribution in [0, 0.1) is 17.6 Å². The van der Waals surface area contributed by atoms with Gasteiger partial charge in [-0.05, 0) is 59.0 Å². The topological polar surface area (TPSA) is 49.4 Å². The van der Waals surface area contributed by atoms with Crippen LogP contribution in [0.1, 0.15) is 21.5 Å². The van der Waals surface area contributed by atoms with Crippen molar-refractivity contribution in [1.82, 2.24) is 4.90 Å². The fourth-order valence-electron chi connectivity index (χ4n) is 4.09. The van der Waals surface area contributed by atoms with E-state index in [0.29, 0.717) is 0 Å². The Morgan fingerprint density at radius 1 is 0.867 bits per heavy atom. The monoisotopic (exact) mass is 404 g/mol. The van der Waals surface area contributed by atoms with E-state index >= 15 is 0 Å². The van der Waals surface area contributed by atoms with E-state index in [9.17, 15) is 18.4 Å². The number of likely N-dealkylation sites (tertiary alicyclic amines) is 1. The van der Waals surface area contributed by atoms with Crippen LogP contribution in [0.15, 0.2) is 60.7 Å². The van der Waals surface area contributed by atoms with Gasteiger partial charge >= 0.3 is 0 Å². The van der Waals surface area contributed by atoms with Gasteiger partial charge in [0.2, 0.25) is 5.91 Å². The second-order valence-corrected chi connectivity index (χ2v) is 7.73. The van der Waals surface area contributed by atoms with E-state index in [0.717, 1.165) is 24.2 Å². The van der Waals surface area contributed by atoms with Gasteiger partial charge in [0.1, 0.15) is 0 Å². The summed E-state index contributed by atoms with van der Waals surface area (Å²) in [6.07, 6.45) is 0.842. The van der Waals surface area contributed by atoms with Crippen LogP contribution >= 0.6 is 0 Å². The molecule has 3 aromatic carbocycles. The Morgan fingerprint density at radius 2 is 1.63 bits per heavy atom. The molecule has 1 saturated heterocycles. The van der Waals surface area contributed by atoms with Crippen LogP contribution < -0.4 is 5.32 Å². The number of hydrogen-bond acceptors (Lipinski definition) is 2. The molecule has 1 aliphatic heterocycles. The molecule has 3 aromatic rings. The van der Waals surface area contributed by atoms with E-state index in [1.54, 1.807) is 0 Å². The maximum atomic E-state index is 13.3. The fourth-order valence-corrected chi connectivity index (χ4v) is 4.09. The van der Waals surface area contributed by atoms with E-state index in [1.165, 1.54) is 33.2 Å². The van der Waals surface area contributed by atoms with E-state index in [4.69, 9.17) is 0 Å². The molecule has 0 unspecified atom stereocenters. The minimum absolute atomic E-state index is 0.0750. The highest BCUT2D eigenvalue weighted by atomic mass is 19.2. The predicted molar refractivity (Wildman–Crippen MR) is 109 cm³/mol. The average molecular weight is 404 g/mol. The number of rotatable bonds is 3. The first-order valence-electron chi connectivity index (χ1n) is 9.76. The number of anilines is 1. The molecule has 30 heavy (non-hydrogen) atoms. The minimum Gasteiger partial charge on any atom is -0.337 e. The van der Waals surface area contributed by atoms with E-state index in [-0.39, 0.29) is 30.5 Å².